The van der Waals surface area contributed by atoms with Crippen molar-refractivity contribution in [2.45, 2.75) is 57.4 Å². The summed E-state index contributed by atoms with van der Waals surface area (Å²) >= 11 is 0. The zero-order chi connectivity index (χ0) is 20.9. The van der Waals surface area contributed by atoms with Gasteiger partial charge in [0.15, 0.2) is 0 Å². The molecule has 1 unspecified atom stereocenters. The fourth-order valence-electron chi connectivity index (χ4n) is 4.99. The molecule has 0 spiro atoms. The summed E-state index contributed by atoms with van der Waals surface area (Å²) in [6.07, 6.45) is 8.24. The van der Waals surface area contributed by atoms with Crippen LogP contribution in [0.2, 0.25) is 0 Å². The minimum Gasteiger partial charge on any atom is -0.374 e. The smallest absolute Gasteiger partial charge is 0.249 e. The molecule has 4 rings (SSSR count). The van der Waals surface area contributed by atoms with Crippen LogP contribution in [0.15, 0.2) is 18.2 Å². The minimum atomic E-state index is -0.497. The molecule has 3 heterocycles. The molecule has 3 saturated heterocycles. The fourth-order valence-corrected chi connectivity index (χ4v) is 4.99. The van der Waals surface area contributed by atoms with Crippen molar-refractivity contribution in [3.8, 4) is 0 Å². The molecule has 6 nitrogen and oxygen atoms in total. The number of benzene rings is 1. The van der Waals surface area contributed by atoms with Crippen molar-refractivity contribution >= 4 is 23.2 Å². The van der Waals surface area contributed by atoms with E-state index in [4.69, 9.17) is 0 Å². The quantitative estimate of drug-likeness (QED) is 0.622. The first-order valence-electron chi connectivity index (χ1n) is 11.4. The average Bonchev–Trinajstić information content (AvgIpc) is 2.76. The molecule has 2 amide bonds. The lowest BCUT2D eigenvalue weighted by atomic mass is 9.85. The summed E-state index contributed by atoms with van der Waals surface area (Å²) in [5.41, 5.74) is 1.21. The maximum atomic E-state index is 14.8. The highest BCUT2D eigenvalue weighted by atomic mass is 19.1. The van der Waals surface area contributed by atoms with Crippen molar-refractivity contribution in [1.29, 1.82) is 0 Å². The molecule has 0 aliphatic carbocycles. The highest BCUT2D eigenvalue weighted by Crippen LogP contribution is 2.31. The third kappa shape index (κ3) is 5.31. The Kier molecular flexibility index (Phi) is 6.87. The number of hydrogen-bond donors (Lipinski definition) is 3. The second-order valence-electron chi connectivity index (χ2n) is 9.02. The first-order valence-corrected chi connectivity index (χ1v) is 11.4. The maximum Gasteiger partial charge on any atom is 0.249 e. The number of rotatable bonds is 6. The van der Waals surface area contributed by atoms with E-state index in [0.717, 1.165) is 50.9 Å². The lowest BCUT2D eigenvalue weighted by Crippen LogP contribution is -2.47. The first kappa shape index (κ1) is 21.1. The summed E-state index contributed by atoms with van der Waals surface area (Å²) in [6, 6.07) is 4.59. The number of halogens is 1. The van der Waals surface area contributed by atoms with Crippen molar-refractivity contribution in [2.24, 2.45) is 11.8 Å². The Morgan fingerprint density at radius 1 is 1.00 bits per heavy atom. The van der Waals surface area contributed by atoms with E-state index in [0.29, 0.717) is 24.2 Å². The van der Waals surface area contributed by atoms with Crippen LogP contribution in [-0.2, 0) is 9.59 Å². The van der Waals surface area contributed by atoms with Gasteiger partial charge in [-0.15, -0.1) is 0 Å². The number of anilines is 2. The van der Waals surface area contributed by atoms with Gasteiger partial charge in [0.25, 0.3) is 0 Å². The van der Waals surface area contributed by atoms with Gasteiger partial charge in [-0.1, -0.05) is 12.8 Å². The van der Waals surface area contributed by atoms with Gasteiger partial charge < -0.3 is 15.5 Å². The molecule has 0 aromatic heterocycles. The molecule has 1 aromatic rings. The summed E-state index contributed by atoms with van der Waals surface area (Å²) in [5, 5.41) is 8.80. The number of nitrogens with one attached hydrogen (secondary N) is 3. The van der Waals surface area contributed by atoms with Gasteiger partial charge in [-0.3, -0.25) is 14.9 Å². The molecular weight excluding hydrogens is 383 g/mol. The van der Waals surface area contributed by atoms with Crippen LogP contribution in [0.1, 0.15) is 51.4 Å². The molecule has 164 valence electrons. The van der Waals surface area contributed by atoms with Crippen molar-refractivity contribution in [1.82, 2.24) is 10.6 Å². The van der Waals surface area contributed by atoms with E-state index in [1.807, 2.05) is 6.07 Å². The summed E-state index contributed by atoms with van der Waals surface area (Å²) in [6.45, 7) is 4.12. The minimum absolute atomic E-state index is 0.251. The predicted molar refractivity (Wildman–Crippen MR) is 116 cm³/mol. The fraction of sp³-hybridized carbons (Fsp3) is 0.652. The average molecular weight is 417 g/mol. The van der Waals surface area contributed by atoms with Gasteiger partial charge in [0.1, 0.15) is 11.9 Å². The molecule has 0 saturated carbocycles. The highest BCUT2D eigenvalue weighted by Gasteiger charge is 2.27. The first-order chi connectivity index (χ1) is 14.6. The third-order valence-corrected chi connectivity index (χ3v) is 6.92. The number of piperidine rings is 3. The molecule has 1 aromatic carbocycles. The topological polar surface area (TPSA) is 73.5 Å². The van der Waals surface area contributed by atoms with Crippen LogP contribution < -0.4 is 20.9 Å². The molecule has 3 fully saturated rings. The normalized spacial score (nSPS) is 24.0. The van der Waals surface area contributed by atoms with Crippen molar-refractivity contribution in [3.05, 3.63) is 24.0 Å². The molecule has 3 aliphatic heterocycles. The Morgan fingerprint density at radius 2 is 1.70 bits per heavy atom. The van der Waals surface area contributed by atoms with Gasteiger partial charge in [0, 0.05) is 25.2 Å². The largest absolute Gasteiger partial charge is 0.374 e. The van der Waals surface area contributed by atoms with Gasteiger partial charge in [-0.05, 0) is 75.2 Å². The predicted octanol–water partition coefficient (Wildman–Crippen LogP) is 3.04. The molecule has 3 aliphatic rings. The molecular formula is C23H33FN4O2. The molecule has 7 heteroatoms. The molecule has 3 N–H and O–H groups in total. The maximum absolute atomic E-state index is 14.8. The van der Waals surface area contributed by atoms with Gasteiger partial charge in [-0.25, -0.2) is 4.39 Å². The van der Waals surface area contributed by atoms with Crippen LogP contribution in [-0.4, -0.2) is 44.0 Å². The van der Waals surface area contributed by atoms with Crippen LogP contribution in [0.5, 0.6) is 0 Å². The van der Waals surface area contributed by atoms with E-state index >= 15 is 0 Å². The summed E-state index contributed by atoms with van der Waals surface area (Å²) in [5.74, 6) is 0.778. The van der Waals surface area contributed by atoms with Gasteiger partial charge >= 0.3 is 0 Å². The number of nitrogens with zero attached hydrogens (tertiary/aromatic N) is 1. The van der Waals surface area contributed by atoms with Crippen LogP contribution in [0, 0.1) is 17.7 Å². The van der Waals surface area contributed by atoms with Gasteiger partial charge in [0.05, 0.1) is 5.69 Å². The van der Waals surface area contributed by atoms with E-state index in [-0.39, 0.29) is 17.6 Å². The molecule has 0 bridgehead atoms. The Balaban J connectivity index is 1.26. The molecule has 1 atom stereocenters. The van der Waals surface area contributed by atoms with Crippen molar-refractivity contribution < 1.29 is 14.0 Å². The summed E-state index contributed by atoms with van der Waals surface area (Å²) in [7, 11) is 0. The third-order valence-electron chi connectivity index (χ3n) is 6.92. The van der Waals surface area contributed by atoms with Crippen LogP contribution in [0.25, 0.3) is 0 Å². The SMILES string of the molecule is O=C1CCC(Nc2ccc(N3CCC(CCC4CCNCC4)CC3)c(F)c2)C(=O)N1. The van der Waals surface area contributed by atoms with E-state index in [1.165, 1.54) is 31.7 Å². The Morgan fingerprint density at radius 3 is 2.37 bits per heavy atom. The zero-order valence-corrected chi connectivity index (χ0v) is 17.6. The second kappa shape index (κ2) is 9.77. The van der Waals surface area contributed by atoms with Gasteiger partial charge in [0.2, 0.25) is 11.8 Å². The lowest BCUT2D eigenvalue weighted by Gasteiger charge is -2.35. The van der Waals surface area contributed by atoms with Crippen LogP contribution in [0.4, 0.5) is 15.8 Å². The Hall–Kier alpha value is -2.15. The number of carbonyl (C=O) groups is 2. The Bertz CT molecular complexity index is 758. The number of amides is 2. The summed E-state index contributed by atoms with van der Waals surface area (Å²) in [4.78, 5) is 25.3. The van der Waals surface area contributed by atoms with Crippen LogP contribution in [0.3, 0.4) is 0 Å². The number of hydrogen-bond acceptors (Lipinski definition) is 5. The van der Waals surface area contributed by atoms with E-state index in [1.54, 1.807) is 6.07 Å². The van der Waals surface area contributed by atoms with E-state index in [2.05, 4.69) is 20.9 Å². The lowest BCUT2D eigenvalue weighted by molar-refractivity contribution is -0.133. The second-order valence-corrected chi connectivity index (χ2v) is 9.02. The van der Waals surface area contributed by atoms with Gasteiger partial charge in [-0.2, -0.15) is 0 Å². The van der Waals surface area contributed by atoms with Crippen molar-refractivity contribution in [2.75, 3.05) is 36.4 Å². The monoisotopic (exact) mass is 416 g/mol. The van der Waals surface area contributed by atoms with E-state index in [9.17, 15) is 14.0 Å². The number of carbonyl (C=O) groups excluding carboxylic acids is 2. The molecule has 0 radical (unpaired) electrons. The zero-order valence-electron chi connectivity index (χ0n) is 17.6. The highest BCUT2D eigenvalue weighted by molar-refractivity contribution is 6.01. The van der Waals surface area contributed by atoms with Crippen LogP contribution >= 0.6 is 0 Å². The van der Waals surface area contributed by atoms with E-state index < -0.39 is 6.04 Å². The molecule has 30 heavy (non-hydrogen) atoms. The summed E-state index contributed by atoms with van der Waals surface area (Å²) < 4.78 is 14.8. The standard InChI is InChI=1S/C23H33FN4O2/c24-19-15-18(26-20-4-6-22(29)27-23(20)30)3-5-21(19)28-13-9-17(10-14-28)2-1-16-7-11-25-12-8-16/h3,5,15-17,20,25-26H,1-2,4,6-14H2,(H,27,29,30). The number of imide groups is 1. The van der Waals surface area contributed by atoms with Crippen molar-refractivity contribution in [3.63, 3.8) is 0 Å². The Labute approximate surface area is 178 Å².